The molecule has 21 heavy (non-hydrogen) atoms. The predicted octanol–water partition coefficient (Wildman–Crippen LogP) is 2.75. The first-order valence-electron chi connectivity index (χ1n) is 6.02. The van der Waals surface area contributed by atoms with Gasteiger partial charge in [0.15, 0.2) is 0 Å². The second-order valence-electron chi connectivity index (χ2n) is 4.25. The van der Waals surface area contributed by atoms with E-state index in [1.807, 2.05) is 0 Å². The van der Waals surface area contributed by atoms with Crippen molar-refractivity contribution in [2.45, 2.75) is 11.5 Å². The number of hydrogen-bond acceptors (Lipinski definition) is 4. The molecule has 2 aromatic carbocycles. The maximum Gasteiger partial charge on any atom is 0.262 e. The third kappa shape index (κ3) is 3.75. The van der Waals surface area contributed by atoms with E-state index < -0.39 is 10.0 Å². The molecule has 0 saturated carbocycles. The summed E-state index contributed by atoms with van der Waals surface area (Å²) in [5, 5.41) is 9.25. The van der Waals surface area contributed by atoms with Crippen LogP contribution < -0.4 is 9.46 Å². The number of anilines is 1. The molecule has 0 atom stereocenters. The molecule has 0 bridgehead atoms. The number of methoxy groups -OCH3 is 1. The molecule has 0 saturated heterocycles. The molecule has 2 N–H and O–H groups in total. The number of aliphatic hydroxyl groups excluding tert-OH is 1. The molecule has 2 rings (SSSR count). The lowest BCUT2D eigenvalue weighted by Gasteiger charge is -2.12. The van der Waals surface area contributed by atoms with Crippen LogP contribution in [0.15, 0.2) is 51.8 Å². The summed E-state index contributed by atoms with van der Waals surface area (Å²) in [5.41, 5.74) is 0.709. The molecule has 5 nitrogen and oxygen atoms in total. The van der Waals surface area contributed by atoms with Gasteiger partial charge in [0.25, 0.3) is 10.0 Å². The highest BCUT2D eigenvalue weighted by Crippen LogP contribution is 2.27. The molecular formula is C14H14BrNO4S. The first kappa shape index (κ1) is 15.8. The van der Waals surface area contributed by atoms with Crippen LogP contribution in [0.4, 0.5) is 5.69 Å². The van der Waals surface area contributed by atoms with E-state index in [9.17, 15) is 13.5 Å². The fourth-order valence-electron chi connectivity index (χ4n) is 1.85. The molecule has 0 unspecified atom stereocenters. The fourth-order valence-corrected chi connectivity index (χ4v) is 3.59. The number of sulfonamides is 1. The summed E-state index contributed by atoms with van der Waals surface area (Å²) in [4.78, 5) is 0.0476. The van der Waals surface area contributed by atoms with Gasteiger partial charge in [0.05, 0.1) is 24.3 Å². The Balaban J connectivity index is 2.40. The minimum Gasteiger partial charge on any atom is -0.497 e. The number of halogens is 1. The Hall–Kier alpha value is -1.57. The van der Waals surface area contributed by atoms with Crippen LogP contribution in [0.2, 0.25) is 0 Å². The van der Waals surface area contributed by atoms with Gasteiger partial charge < -0.3 is 9.84 Å². The third-order valence-corrected chi connectivity index (χ3v) is 4.73. The lowest BCUT2D eigenvalue weighted by molar-refractivity contribution is 0.278. The van der Waals surface area contributed by atoms with Gasteiger partial charge in [-0.25, -0.2) is 8.42 Å². The molecule has 0 amide bonds. The van der Waals surface area contributed by atoms with Crippen LogP contribution in [-0.2, 0) is 16.6 Å². The van der Waals surface area contributed by atoms with Crippen LogP contribution in [0.25, 0.3) is 0 Å². The van der Waals surface area contributed by atoms with Crippen molar-refractivity contribution in [1.82, 2.24) is 0 Å². The quantitative estimate of drug-likeness (QED) is 0.846. The van der Waals surface area contributed by atoms with E-state index in [-0.39, 0.29) is 11.5 Å². The van der Waals surface area contributed by atoms with Gasteiger partial charge in [0.1, 0.15) is 5.75 Å². The zero-order valence-electron chi connectivity index (χ0n) is 11.2. The van der Waals surface area contributed by atoms with Gasteiger partial charge in [0, 0.05) is 10.5 Å². The van der Waals surface area contributed by atoms with Gasteiger partial charge in [-0.2, -0.15) is 0 Å². The largest absolute Gasteiger partial charge is 0.497 e. The smallest absolute Gasteiger partial charge is 0.262 e. The summed E-state index contributed by atoms with van der Waals surface area (Å²) >= 11 is 3.29. The molecule has 0 heterocycles. The lowest BCUT2D eigenvalue weighted by Crippen LogP contribution is -2.15. The van der Waals surface area contributed by atoms with Crippen LogP contribution >= 0.6 is 15.9 Å². The third-order valence-electron chi connectivity index (χ3n) is 2.79. The molecule has 0 aliphatic carbocycles. The lowest BCUT2D eigenvalue weighted by atomic mass is 10.2. The SMILES string of the molecule is COc1cc(Br)cc(NS(=O)(=O)c2ccccc2CO)c1. The molecule has 0 aromatic heterocycles. The van der Waals surface area contributed by atoms with Crippen molar-refractivity contribution in [2.75, 3.05) is 11.8 Å². The van der Waals surface area contributed by atoms with Crippen LogP contribution in [0, 0.1) is 0 Å². The standard InChI is InChI=1S/C14H14BrNO4S/c1-20-13-7-11(15)6-12(8-13)16-21(18,19)14-5-3-2-4-10(14)9-17/h2-8,16-17H,9H2,1H3. The molecular weight excluding hydrogens is 358 g/mol. The monoisotopic (exact) mass is 371 g/mol. The molecule has 0 spiro atoms. The van der Waals surface area contributed by atoms with E-state index in [2.05, 4.69) is 20.7 Å². The van der Waals surface area contributed by atoms with Gasteiger partial charge in [-0.3, -0.25) is 4.72 Å². The minimum absolute atomic E-state index is 0.0476. The Morgan fingerprint density at radius 1 is 1.24 bits per heavy atom. The number of rotatable bonds is 5. The Labute approximate surface area is 131 Å². The van der Waals surface area contributed by atoms with Gasteiger partial charge in [0.2, 0.25) is 0 Å². The van der Waals surface area contributed by atoms with E-state index in [1.54, 1.807) is 36.4 Å². The summed E-state index contributed by atoms with van der Waals surface area (Å²) in [6.45, 7) is -0.348. The molecule has 0 aliphatic rings. The van der Waals surface area contributed by atoms with Crippen LogP contribution in [0.5, 0.6) is 5.75 Å². The fraction of sp³-hybridized carbons (Fsp3) is 0.143. The number of hydrogen-bond donors (Lipinski definition) is 2. The number of ether oxygens (including phenoxy) is 1. The maximum atomic E-state index is 12.4. The first-order valence-corrected chi connectivity index (χ1v) is 8.30. The van der Waals surface area contributed by atoms with E-state index in [1.165, 1.54) is 13.2 Å². The molecule has 2 aromatic rings. The second kappa shape index (κ2) is 6.46. The predicted molar refractivity (Wildman–Crippen MR) is 83.9 cm³/mol. The topological polar surface area (TPSA) is 75.6 Å². The first-order chi connectivity index (χ1) is 9.96. The van der Waals surface area contributed by atoms with E-state index >= 15 is 0 Å². The van der Waals surface area contributed by atoms with E-state index in [0.717, 1.165) is 0 Å². The maximum absolute atomic E-state index is 12.4. The highest BCUT2D eigenvalue weighted by Gasteiger charge is 2.18. The number of benzene rings is 2. The van der Waals surface area contributed by atoms with Crippen molar-refractivity contribution in [1.29, 1.82) is 0 Å². The van der Waals surface area contributed by atoms with Gasteiger partial charge in [-0.1, -0.05) is 34.1 Å². The minimum atomic E-state index is -3.78. The highest BCUT2D eigenvalue weighted by molar-refractivity contribution is 9.10. The molecule has 7 heteroatoms. The zero-order chi connectivity index (χ0) is 15.5. The second-order valence-corrected chi connectivity index (χ2v) is 6.82. The number of nitrogens with one attached hydrogen (secondary N) is 1. The van der Waals surface area contributed by atoms with Crippen LogP contribution in [0.1, 0.15) is 5.56 Å². The Kier molecular flexibility index (Phi) is 4.87. The van der Waals surface area contributed by atoms with E-state index in [0.29, 0.717) is 21.5 Å². The van der Waals surface area contributed by atoms with Crippen molar-refractivity contribution < 1.29 is 18.3 Å². The molecule has 0 fully saturated rings. The van der Waals surface area contributed by atoms with Gasteiger partial charge in [-0.15, -0.1) is 0 Å². The van der Waals surface area contributed by atoms with Crippen molar-refractivity contribution in [2.24, 2.45) is 0 Å². The van der Waals surface area contributed by atoms with Crippen molar-refractivity contribution in [3.63, 3.8) is 0 Å². The van der Waals surface area contributed by atoms with Gasteiger partial charge >= 0.3 is 0 Å². The highest BCUT2D eigenvalue weighted by atomic mass is 79.9. The van der Waals surface area contributed by atoms with Crippen molar-refractivity contribution in [3.05, 3.63) is 52.5 Å². The zero-order valence-corrected chi connectivity index (χ0v) is 13.6. The van der Waals surface area contributed by atoms with E-state index in [4.69, 9.17) is 4.74 Å². The normalized spacial score (nSPS) is 11.2. The molecule has 112 valence electrons. The average molecular weight is 372 g/mol. The summed E-state index contributed by atoms with van der Waals surface area (Å²) in [7, 11) is -2.28. The van der Waals surface area contributed by atoms with Crippen LogP contribution in [-0.4, -0.2) is 20.6 Å². The Morgan fingerprint density at radius 3 is 2.62 bits per heavy atom. The van der Waals surface area contributed by atoms with Crippen LogP contribution in [0.3, 0.4) is 0 Å². The summed E-state index contributed by atoms with van der Waals surface area (Å²) < 4.78 is 33.1. The summed E-state index contributed by atoms with van der Waals surface area (Å²) in [6.07, 6.45) is 0. The van der Waals surface area contributed by atoms with Crippen molar-refractivity contribution >= 4 is 31.6 Å². The summed E-state index contributed by atoms with van der Waals surface area (Å²) in [6, 6.07) is 11.2. The average Bonchev–Trinajstić information content (AvgIpc) is 2.46. The molecule has 0 radical (unpaired) electrons. The summed E-state index contributed by atoms with van der Waals surface area (Å²) in [5.74, 6) is 0.525. The number of aliphatic hydroxyl groups is 1. The Bertz CT molecular complexity index is 746. The molecule has 0 aliphatic heterocycles. The van der Waals surface area contributed by atoms with Gasteiger partial charge in [-0.05, 0) is 23.8 Å². The van der Waals surface area contributed by atoms with Crippen molar-refractivity contribution in [3.8, 4) is 5.75 Å². The Morgan fingerprint density at radius 2 is 1.95 bits per heavy atom.